The summed E-state index contributed by atoms with van der Waals surface area (Å²) in [6, 6.07) is 26.7. The minimum atomic E-state index is 0.685. The third kappa shape index (κ3) is 3.35. The molecule has 5 rings (SSSR count). The van der Waals surface area contributed by atoms with Crippen molar-refractivity contribution in [2.75, 3.05) is 0 Å². The highest BCUT2D eigenvalue weighted by molar-refractivity contribution is 5.95. The molecule has 0 fully saturated rings. The Balaban J connectivity index is 1.71. The molecule has 0 radical (unpaired) electrons. The summed E-state index contributed by atoms with van der Waals surface area (Å²) in [5.74, 6) is 1.04. The Morgan fingerprint density at radius 1 is 0.968 bits per heavy atom. The molecule has 0 bridgehead atoms. The van der Waals surface area contributed by atoms with Crippen LogP contribution >= 0.6 is 0 Å². The molecule has 0 aliphatic carbocycles. The lowest BCUT2D eigenvalue weighted by atomic mass is 9.97. The first-order valence-corrected chi connectivity index (χ1v) is 10.6. The van der Waals surface area contributed by atoms with E-state index in [1.54, 1.807) is 0 Å². The summed E-state index contributed by atoms with van der Waals surface area (Å²) in [6.07, 6.45) is 4.94. The average molecular weight is 403 g/mol. The molecule has 31 heavy (non-hydrogen) atoms. The highest BCUT2D eigenvalue weighted by Crippen LogP contribution is 2.32. The molecule has 3 aromatic carbocycles. The van der Waals surface area contributed by atoms with Crippen molar-refractivity contribution in [2.24, 2.45) is 0 Å². The topological polar surface area (TPSA) is 54.5 Å². The quantitative estimate of drug-likeness (QED) is 0.339. The summed E-state index contributed by atoms with van der Waals surface area (Å²) >= 11 is 0. The summed E-state index contributed by atoms with van der Waals surface area (Å²) in [7, 11) is 0. The molecule has 4 nitrogen and oxygen atoms in total. The van der Waals surface area contributed by atoms with Crippen molar-refractivity contribution in [1.29, 1.82) is 5.26 Å². The summed E-state index contributed by atoms with van der Waals surface area (Å²) in [5, 5.41) is 11.8. The van der Waals surface area contributed by atoms with Crippen LogP contribution in [0.15, 0.2) is 79.0 Å². The number of unbranched alkanes of at least 4 members (excludes halogenated alkanes) is 1. The minimum absolute atomic E-state index is 0.685. The van der Waals surface area contributed by atoms with Crippen molar-refractivity contribution in [3.8, 4) is 22.9 Å². The Morgan fingerprint density at radius 2 is 1.87 bits per heavy atom. The van der Waals surface area contributed by atoms with Crippen molar-refractivity contribution >= 4 is 21.9 Å². The van der Waals surface area contributed by atoms with Crippen LogP contribution in [0.1, 0.15) is 31.2 Å². The number of aromatic nitrogens is 3. The Labute approximate surface area is 181 Å². The fraction of sp³-hybridized carbons (Fsp3) is 0.148. The van der Waals surface area contributed by atoms with E-state index in [4.69, 9.17) is 4.98 Å². The predicted octanol–water partition coefficient (Wildman–Crippen LogP) is 6.45. The molecule has 0 N–H and O–H groups in total. The fourth-order valence-electron chi connectivity index (χ4n) is 4.18. The van der Waals surface area contributed by atoms with Crippen LogP contribution < -0.4 is 0 Å². The first-order valence-electron chi connectivity index (χ1n) is 10.6. The van der Waals surface area contributed by atoms with Gasteiger partial charge in [0, 0.05) is 18.0 Å². The number of hydrogen-bond acceptors (Lipinski definition) is 3. The van der Waals surface area contributed by atoms with Gasteiger partial charge in [-0.15, -0.1) is 0 Å². The Hall–Kier alpha value is -3.97. The van der Waals surface area contributed by atoms with Gasteiger partial charge in [0.1, 0.15) is 11.3 Å². The lowest BCUT2D eigenvalue weighted by Gasteiger charge is -2.13. The zero-order valence-electron chi connectivity index (χ0n) is 17.4. The van der Waals surface area contributed by atoms with Crippen LogP contribution in [-0.2, 0) is 6.42 Å². The monoisotopic (exact) mass is 402 g/mol. The van der Waals surface area contributed by atoms with Gasteiger partial charge in [-0.2, -0.15) is 5.26 Å². The summed E-state index contributed by atoms with van der Waals surface area (Å²) in [5.41, 5.74) is 5.58. The van der Waals surface area contributed by atoms with Crippen LogP contribution in [0.3, 0.4) is 0 Å². The van der Waals surface area contributed by atoms with Crippen molar-refractivity contribution in [1.82, 2.24) is 14.5 Å². The van der Waals surface area contributed by atoms with Crippen molar-refractivity contribution in [3.05, 3.63) is 90.4 Å². The second-order valence-electron chi connectivity index (χ2n) is 7.68. The van der Waals surface area contributed by atoms with E-state index >= 15 is 0 Å². The zero-order chi connectivity index (χ0) is 21.2. The zero-order valence-corrected chi connectivity index (χ0v) is 17.4. The van der Waals surface area contributed by atoms with Gasteiger partial charge in [-0.05, 0) is 53.3 Å². The number of aryl methyl sites for hydroxylation is 1. The summed E-state index contributed by atoms with van der Waals surface area (Å²) < 4.78 is 2.20. The fourth-order valence-corrected chi connectivity index (χ4v) is 4.18. The second kappa shape index (κ2) is 8.04. The largest absolute Gasteiger partial charge is 0.280 e. The Morgan fingerprint density at radius 3 is 2.74 bits per heavy atom. The second-order valence-corrected chi connectivity index (χ2v) is 7.68. The summed E-state index contributed by atoms with van der Waals surface area (Å²) in [6.45, 7) is 2.20. The lowest BCUT2D eigenvalue weighted by Crippen LogP contribution is -2.03. The molecule has 0 unspecified atom stereocenters. The maximum Gasteiger partial charge on any atom is 0.164 e. The van der Waals surface area contributed by atoms with E-state index in [2.05, 4.69) is 58.9 Å². The van der Waals surface area contributed by atoms with Crippen LogP contribution in [0.25, 0.3) is 38.8 Å². The van der Waals surface area contributed by atoms with Gasteiger partial charge in [-0.3, -0.25) is 4.57 Å². The number of nitriles is 1. The molecule has 0 saturated carbocycles. The molecule has 4 heteroatoms. The highest BCUT2D eigenvalue weighted by atomic mass is 15.1. The van der Waals surface area contributed by atoms with Gasteiger partial charge in [0.05, 0.1) is 17.3 Å². The van der Waals surface area contributed by atoms with E-state index in [-0.39, 0.29) is 0 Å². The first kappa shape index (κ1) is 19.0. The Bertz CT molecular complexity index is 1440. The number of imidazole rings is 1. The van der Waals surface area contributed by atoms with Crippen molar-refractivity contribution < 1.29 is 0 Å². The number of fused-ring (bicyclic) bond motifs is 2. The summed E-state index contributed by atoms with van der Waals surface area (Å²) in [4.78, 5) is 9.53. The molecule has 0 amide bonds. The number of nitrogens with zero attached hydrogens (tertiary/aromatic N) is 4. The van der Waals surface area contributed by atoms with Crippen LogP contribution in [0, 0.1) is 11.3 Å². The minimum Gasteiger partial charge on any atom is -0.280 e. The van der Waals surface area contributed by atoms with Gasteiger partial charge in [0.15, 0.2) is 5.65 Å². The van der Waals surface area contributed by atoms with E-state index in [9.17, 15) is 5.26 Å². The average Bonchev–Trinajstić information content (AvgIpc) is 3.20. The van der Waals surface area contributed by atoms with Gasteiger partial charge in [-0.25, -0.2) is 9.97 Å². The smallest absolute Gasteiger partial charge is 0.164 e. The Kier molecular flexibility index (Phi) is 4.93. The van der Waals surface area contributed by atoms with E-state index in [1.165, 1.54) is 0 Å². The van der Waals surface area contributed by atoms with Gasteiger partial charge >= 0.3 is 0 Å². The van der Waals surface area contributed by atoms with Crippen molar-refractivity contribution in [2.45, 2.75) is 26.2 Å². The van der Waals surface area contributed by atoms with Gasteiger partial charge in [-0.1, -0.05) is 55.8 Å². The lowest BCUT2D eigenvalue weighted by molar-refractivity contribution is 0.744. The van der Waals surface area contributed by atoms with Crippen LogP contribution in [0.4, 0.5) is 0 Å². The molecule has 0 saturated heterocycles. The molecule has 2 aromatic heterocycles. The molecule has 2 heterocycles. The first-order chi connectivity index (χ1) is 15.3. The number of pyridine rings is 1. The third-order valence-corrected chi connectivity index (χ3v) is 5.70. The van der Waals surface area contributed by atoms with E-state index < -0.39 is 0 Å². The standard InChI is InChI=1S/C27H22N4/c1-2-3-13-26-30-24-11-7-16-29-27(24)31(26)25-12-6-9-19-17-20(14-15-23(19)25)22-10-5-4-8-21(22)18-28/h4-12,14-17H,2-3,13H2,1H3. The van der Waals surface area contributed by atoms with Gasteiger partial charge in [0.2, 0.25) is 0 Å². The number of rotatable bonds is 5. The molecule has 150 valence electrons. The molecule has 0 aliphatic rings. The normalized spacial score (nSPS) is 11.1. The van der Waals surface area contributed by atoms with E-state index in [1.807, 2.05) is 42.6 Å². The van der Waals surface area contributed by atoms with Crippen LogP contribution in [0.2, 0.25) is 0 Å². The van der Waals surface area contributed by atoms with Gasteiger partial charge < -0.3 is 0 Å². The molecular weight excluding hydrogens is 380 g/mol. The van der Waals surface area contributed by atoms with Gasteiger partial charge in [0.25, 0.3) is 0 Å². The third-order valence-electron chi connectivity index (χ3n) is 5.70. The maximum atomic E-state index is 9.50. The highest BCUT2D eigenvalue weighted by Gasteiger charge is 2.15. The van der Waals surface area contributed by atoms with Crippen LogP contribution in [0.5, 0.6) is 0 Å². The number of hydrogen-bond donors (Lipinski definition) is 0. The van der Waals surface area contributed by atoms with Crippen molar-refractivity contribution in [3.63, 3.8) is 0 Å². The molecule has 0 atom stereocenters. The van der Waals surface area contributed by atoms with E-state index in [0.717, 1.165) is 63.8 Å². The molecular formula is C27H22N4. The molecule has 0 aliphatic heterocycles. The molecule has 0 spiro atoms. The van der Waals surface area contributed by atoms with E-state index in [0.29, 0.717) is 5.56 Å². The SMILES string of the molecule is CCCCc1nc2cccnc2n1-c1cccc2cc(-c3ccccc3C#N)ccc12. The predicted molar refractivity (Wildman–Crippen MR) is 125 cm³/mol. The molecule has 5 aromatic rings. The maximum absolute atomic E-state index is 9.50. The van der Waals surface area contributed by atoms with Crippen LogP contribution in [-0.4, -0.2) is 14.5 Å². The number of benzene rings is 3.